The summed E-state index contributed by atoms with van der Waals surface area (Å²) in [6.45, 7) is -0.630. The van der Waals surface area contributed by atoms with Gasteiger partial charge in [-0.2, -0.15) is 15.0 Å². The molecule has 12 nitrogen and oxygen atoms in total. The Balaban J connectivity index is 0.000000314. The van der Waals surface area contributed by atoms with Crippen LogP contribution in [0.5, 0.6) is 0 Å². The number of aliphatic carboxylic acids is 2. The molecule has 1 unspecified atom stereocenters. The fraction of sp³-hybridized carbons (Fsp3) is 0.154. The summed E-state index contributed by atoms with van der Waals surface area (Å²) in [5.41, 5.74) is 15.4. The molecule has 0 aliphatic carbocycles. The first-order valence-corrected chi connectivity index (χ1v) is 8.01. The molecule has 0 bridgehead atoms. The number of hydrogen-bond donors (Lipinski definition) is 5. The van der Waals surface area contributed by atoms with Crippen molar-refractivity contribution in [3.05, 3.63) is 30.3 Å². The Hall–Kier alpha value is -3.37. The average Bonchev–Trinajstić information content (AvgIpc) is 2.54. The molecule has 138 valence electrons. The molecule has 0 radical (unpaired) electrons. The average molecular weight is 383 g/mol. The zero-order chi connectivity index (χ0) is 19.7. The molecule has 1 atom stereocenters. The van der Waals surface area contributed by atoms with Crippen LogP contribution in [0, 0.1) is 5.92 Å². The van der Waals surface area contributed by atoms with Crippen molar-refractivity contribution in [2.45, 2.75) is 0 Å². The normalized spacial score (nSPS) is 10.6. The second-order valence-corrected chi connectivity index (χ2v) is 5.82. The third kappa shape index (κ3) is 7.03. The van der Waals surface area contributed by atoms with Crippen molar-refractivity contribution in [2.75, 3.05) is 23.8 Å². The first-order valence-electron chi connectivity index (χ1n) is 6.84. The summed E-state index contributed by atoms with van der Waals surface area (Å²) < 4.78 is 16.3. The lowest BCUT2D eigenvalue weighted by atomic mass is 10.2. The minimum Gasteiger partial charge on any atom is -0.481 e. The number of hydrogen-bond acceptors (Lipinski definition) is 10. The van der Waals surface area contributed by atoms with Gasteiger partial charge in [0.2, 0.25) is 23.1 Å². The van der Waals surface area contributed by atoms with Gasteiger partial charge in [0, 0.05) is 0 Å². The van der Waals surface area contributed by atoms with E-state index >= 15 is 0 Å². The molecule has 2 rings (SSSR count). The van der Waals surface area contributed by atoms with Crippen molar-refractivity contribution in [1.82, 2.24) is 15.0 Å². The van der Waals surface area contributed by atoms with Crippen LogP contribution in [-0.4, -0.2) is 43.7 Å². The van der Waals surface area contributed by atoms with Crippen LogP contribution in [-0.2, 0) is 18.7 Å². The minimum atomic E-state index is -2.23. The van der Waals surface area contributed by atoms with Crippen LogP contribution in [0.3, 0.4) is 0 Å². The van der Waals surface area contributed by atoms with Crippen LogP contribution in [0.2, 0.25) is 0 Å². The molecule has 0 aliphatic rings. The molecule has 0 aliphatic heterocycles. The van der Waals surface area contributed by atoms with E-state index in [1.54, 1.807) is 30.3 Å². The molecule has 8 N–H and O–H groups in total. The quantitative estimate of drug-likeness (QED) is 0.314. The summed E-state index contributed by atoms with van der Waals surface area (Å²) in [5.74, 6) is -4.62. The highest BCUT2D eigenvalue weighted by molar-refractivity contribution is 7.48. The number of rotatable bonds is 6. The van der Waals surface area contributed by atoms with Crippen LogP contribution in [0.1, 0.15) is 0 Å². The number of benzene rings is 1. The zero-order valence-corrected chi connectivity index (χ0v) is 14.1. The van der Waals surface area contributed by atoms with Gasteiger partial charge in [-0.15, -0.1) is 4.52 Å². The van der Waals surface area contributed by atoms with Crippen LogP contribution in [0.15, 0.2) is 30.3 Å². The Bertz CT molecular complexity index is 725. The van der Waals surface area contributed by atoms with E-state index in [2.05, 4.69) is 15.0 Å². The summed E-state index contributed by atoms with van der Waals surface area (Å²) in [4.78, 5) is 31.5. The van der Waals surface area contributed by atoms with Gasteiger partial charge in [0.25, 0.3) is 0 Å². The van der Waals surface area contributed by atoms with Gasteiger partial charge in [0.05, 0.1) is 0 Å². The lowest BCUT2D eigenvalue weighted by Crippen LogP contribution is -2.27. The van der Waals surface area contributed by atoms with Gasteiger partial charge in [-0.1, -0.05) is 18.2 Å². The first-order chi connectivity index (χ1) is 12.2. The van der Waals surface area contributed by atoms with Gasteiger partial charge in [-0.05, 0) is 16.7 Å². The molecule has 2 aromatic rings. The fourth-order valence-corrected chi connectivity index (χ4v) is 2.29. The van der Waals surface area contributed by atoms with E-state index in [-0.39, 0.29) is 17.8 Å². The molecule has 1 aromatic heterocycles. The monoisotopic (exact) mass is 383 g/mol. The van der Waals surface area contributed by atoms with E-state index in [1.807, 2.05) is 0 Å². The first kappa shape index (κ1) is 20.7. The lowest BCUT2D eigenvalue weighted by molar-refractivity contribution is -0.155. The molecule has 26 heavy (non-hydrogen) atoms. The number of nitrogens with zero attached hydrogens (tertiary/aromatic N) is 3. The molecule has 0 amide bonds. The highest BCUT2D eigenvalue weighted by atomic mass is 31.1. The summed E-state index contributed by atoms with van der Waals surface area (Å²) in [6, 6.07) is 8.13. The topological polar surface area (TPSA) is 218 Å². The number of carboxylic acid groups (broad SMARTS) is 2. The third-order valence-electron chi connectivity index (χ3n) is 2.61. The maximum Gasteiger partial charge on any atom is 0.548 e. The molecule has 1 heterocycles. The number of aromatic nitrogens is 3. The van der Waals surface area contributed by atoms with E-state index in [0.29, 0.717) is 5.30 Å². The largest absolute Gasteiger partial charge is 0.548 e. The summed E-state index contributed by atoms with van der Waals surface area (Å²) >= 11 is 0. The molecule has 0 fully saturated rings. The van der Waals surface area contributed by atoms with Gasteiger partial charge < -0.3 is 27.4 Å². The fourth-order valence-electron chi connectivity index (χ4n) is 1.44. The Morgan fingerprint density at radius 1 is 0.962 bits per heavy atom. The van der Waals surface area contributed by atoms with E-state index < -0.39 is 32.5 Å². The van der Waals surface area contributed by atoms with E-state index in [4.69, 9.17) is 31.9 Å². The highest BCUT2D eigenvalue weighted by Gasteiger charge is 2.32. The molecule has 1 aromatic carbocycles. The number of nitrogens with two attached hydrogens (primary N) is 3. The second-order valence-electron chi connectivity index (χ2n) is 4.53. The SMILES string of the molecule is Nc1nc(N)nc(N)n1.O=C(O)C(CO[P+](=O)c1ccccc1)C(=O)O. The Kier molecular flexibility index (Phi) is 7.80. The predicted octanol–water partition coefficient (Wildman–Crippen LogP) is -0.525. The zero-order valence-electron chi connectivity index (χ0n) is 13.2. The maximum absolute atomic E-state index is 11.5. The highest BCUT2D eigenvalue weighted by Crippen LogP contribution is 2.22. The summed E-state index contributed by atoms with van der Waals surface area (Å²) in [6.07, 6.45) is 0. The van der Waals surface area contributed by atoms with Gasteiger partial charge in [-0.25, -0.2) is 0 Å². The van der Waals surface area contributed by atoms with Gasteiger partial charge in [0.1, 0.15) is 6.61 Å². The molecule has 0 spiro atoms. The molecule has 0 saturated carbocycles. The standard InChI is InChI=1S/C10H9O6P.C3H6N6/c11-9(12)8(10(13)14)6-16-17(15)7-4-2-1-3-5-7;4-1-7-2(5)9-3(6)8-1/h1-5,8H,6H2,(H-,11,12,13,14);(H6,4,5,6,7,8,9)/p+1. The molecular formula is C13H16N6O6P+. The Morgan fingerprint density at radius 2 is 1.38 bits per heavy atom. The summed E-state index contributed by atoms with van der Waals surface area (Å²) in [5, 5.41) is 17.5. The van der Waals surface area contributed by atoms with Crippen molar-refractivity contribution >= 4 is 43.1 Å². The van der Waals surface area contributed by atoms with Crippen LogP contribution in [0.25, 0.3) is 0 Å². The number of carboxylic acids is 2. The molecular weight excluding hydrogens is 367 g/mol. The Morgan fingerprint density at radius 3 is 1.77 bits per heavy atom. The third-order valence-corrected chi connectivity index (χ3v) is 3.71. The van der Waals surface area contributed by atoms with Crippen molar-refractivity contribution in [2.24, 2.45) is 5.92 Å². The van der Waals surface area contributed by atoms with Crippen molar-refractivity contribution in [1.29, 1.82) is 0 Å². The smallest absolute Gasteiger partial charge is 0.481 e. The van der Waals surface area contributed by atoms with Crippen LogP contribution >= 0.6 is 8.03 Å². The van der Waals surface area contributed by atoms with Crippen molar-refractivity contribution in [3.8, 4) is 0 Å². The van der Waals surface area contributed by atoms with Gasteiger partial charge >= 0.3 is 20.0 Å². The van der Waals surface area contributed by atoms with Gasteiger partial charge in [-0.3, -0.25) is 9.59 Å². The number of nitrogen functional groups attached to an aromatic ring is 3. The van der Waals surface area contributed by atoms with E-state index in [1.165, 1.54) is 0 Å². The number of carbonyl (C=O) groups is 2. The molecule has 0 saturated heterocycles. The second kappa shape index (κ2) is 9.81. The Labute approximate surface area is 147 Å². The van der Waals surface area contributed by atoms with E-state index in [0.717, 1.165) is 0 Å². The summed E-state index contributed by atoms with van der Waals surface area (Å²) in [7, 11) is -2.23. The maximum atomic E-state index is 11.5. The van der Waals surface area contributed by atoms with Crippen molar-refractivity contribution < 1.29 is 28.9 Å². The van der Waals surface area contributed by atoms with Crippen LogP contribution in [0.4, 0.5) is 17.8 Å². The molecule has 13 heteroatoms. The lowest BCUT2D eigenvalue weighted by Gasteiger charge is -2.01. The van der Waals surface area contributed by atoms with Crippen LogP contribution < -0.4 is 22.5 Å². The van der Waals surface area contributed by atoms with Crippen molar-refractivity contribution in [3.63, 3.8) is 0 Å². The van der Waals surface area contributed by atoms with Gasteiger partial charge in [0.15, 0.2) is 5.92 Å². The predicted molar refractivity (Wildman–Crippen MR) is 91.5 cm³/mol. The van der Waals surface area contributed by atoms with E-state index in [9.17, 15) is 14.2 Å². The number of anilines is 3. The minimum absolute atomic E-state index is 0.0417.